The summed E-state index contributed by atoms with van der Waals surface area (Å²) in [6.07, 6.45) is 4.27. The summed E-state index contributed by atoms with van der Waals surface area (Å²) in [6.45, 7) is 7.90. The number of anilines is 3. The number of hydrogen-bond donors (Lipinski definition) is 2. The highest BCUT2D eigenvalue weighted by Crippen LogP contribution is 2.33. The van der Waals surface area contributed by atoms with E-state index in [1.165, 1.54) is 17.4 Å². The molecule has 4 rings (SSSR count). The number of rotatable bonds is 7. The van der Waals surface area contributed by atoms with E-state index in [2.05, 4.69) is 37.5 Å². The summed E-state index contributed by atoms with van der Waals surface area (Å²) in [5.74, 6) is 0.327. The maximum Gasteiger partial charge on any atom is 0.188 e. The quantitative estimate of drug-likeness (QED) is 0.342. The monoisotopic (exact) mass is 454 g/mol. The molecule has 0 spiro atoms. The molecule has 0 saturated carbocycles. The largest absolute Gasteiger partial charge is 0.375 e. The second-order valence-corrected chi connectivity index (χ2v) is 9.16. The van der Waals surface area contributed by atoms with Crippen LogP contribution in [0.15, 0.2) is 36.0 Å². The van der Waals surface area contributed by atoms with Crippen LogP contribution in [0, 0.1) is 19.7 Å². The average Bonchev–Trinajstić information content (AvgIpc) is 3.36. The van der Waals surface area contributed by atoms with Crippen molar-refractivity contribution in [1.82, 2.24) is 19.9 Å². The average molecular weight is 455 g/mol. The van der Waals surface area contributed by atoms with Crippen LogP contribution in [0.1, 0.15) is 41.8 Å². The van der Waals surface area contributed by atoms with Crippen LogP contribution in [0.25, 0.3) is 10.6 Å². The normalized spacial score (nSPS) is 12.0. The second kappa shape index (κ2) is 9.07. The van der Waals surface area contributed by atoms with E-state index in [1.54, 1.807) is 29.8 Å². The maximum atomic E-state index is 14.1. The molecule has 0 bridgehead atoms. The standard InChI is InChI=1S/C22H23FN6S2/c1-5-20-27-14(4)21(31-20)18-11-30-22(28-18)29-19-10-24-17(9-25-19)13(3)26-16-7-6-12(2)8-15(16)23/h6-11,13,26H,5H2,1-4H3,(H,25,28,29). The molecule has 3 aromatic heterocycles. The van der Waals surface area contributed by atoms with Gasteiger partial charge in [0.2, 0.25) is 0 Å². The maximum absolute atomic E-state index is 14.1. The molecule has 0 fully saturated rings. The molecule has 2 N–H and O–H groups in total. The Bertz CT molecular complexity index is 1190. The molecule has 1 atom stereocenters. The first-order chi connectivity index (χ1) is 14.9. The summed E-state index contributed by atoms with van der Waals surface area (Å²) in [5.41, 5.74) is 3.98. The first kappa shape index (κ1) is 21.3. The van der Waals surface area contributed by atoms with Crippen LogP contribution in [0.2, 0.25) is 0 Å². The minimum Gasteiger partial charge on any atom is -0.375 e. The number of thiazole rings is 2. The number of hydrogen-bond acceptors (Lipinski definition) is 8. The van der Waals surface area contributed by atoms with Gasteiger partial charge in [0.15, 0.2) is 10.9 Å². The van der Waals surface area contributed by atoms with Crippen LogP contribution in [0.5, 0.6) is 0 Å². The summed E-state index contributed by atoms with van der Waals surface area (Å²) < 4.78 is 14.1. The van der Waals surface area contributed by atoms with Crippen molar-refractivity contribution < 1.29 is 4.39 Å². The van der Waals surface area contributed by atoms with E-state index in [0.717, 1.165) is 44.1 Å². The molecule has 4 aromatic rings. The third kappa shape index (κ3) is 4.88. The zero-order chi connectivity index (χ0) is 22.0. The molecule has 0 aliphatic carbocycles. The summed E-state index contributed by atoms with van der Waals surface area (Å²) >= 11 is 3.20. The van der Waals surface area contributed by atoms with E-state index in [4.69, 9.17) is 0 Å². The van der Waals surface area contributed by atoms with Crippen LogP contribution in [0.3, 0.4) is 0 Å². The summed E-state index contributed by atoms with van der Waals surface area (Å²) in [5, 5.41) is 10.2. The van der Waals surface area contributed by atoms with E-state index in [0.29, 0.717) is 11.5 Å². The van der Waals surface area contributed by atoms with Crippen LogP contribution < -0.4 is 10.6 Å². The van der Waals surface area contributed by atoms with Gasteiger partial charge in [-0.05, 0) is 44.9 Å². The Hall–Kier alpha value is -2.91. The Labute approximate surface area is 188 Å². The molecule has 160 valence electrons. The predicted octanol–water partition coefficient (Wildman–Crippen LogP) is 6.29. The molecule has 6 nitrogen and oxygen atoms in total. The van der Waals surface area contributed by atoms with Crippen LogP contribution in [-0.2, 0) is 6.42 Å². The number of nitrogens with zero attached hydrogens (tertiary/aromatic N) is 4. The Kier molecular flexibility index (Phi) is 6.24. The molecule has 0 amide bonds. The second-order valence-electron chi connectivity index (χ2n) is 7.21. The Morgan fingerprint density at radius 2 is 1.97 bits per heavy atom. The topological polar surface area (TPSA) is 75.6 Å². The van der Waals surface area contributed by atoms with Crippen molar-refractivity contribution >= 4 is 39.3 Å². The van der Waals surface area contributed by atoms with Crippen molar-refractivity contribution in [3.05, 3.63) is 63.7 Å². The number of nitrogens with one attached hydrogen (secondary N) is 2. The minimum atomic E-state index is -0.278. The van der Waals surface area contributed by atoms with Crippen molar-refractivity contribution in [2.45, 2.75) is 40.2 Å². The molecule has 31 heavy (non-hydrogen) atoms. The lowest BCUT2D eigenvalue weighted by Gasteiger charge is -2.15. The lowest BCUT2D eigenvalue weighted by molar-refractivity contribution is 0.625. The van der Waals surface area contributed by atoms with Gasteiger partial charge in [0.25, 0.3) is 0 Å². The number of halogens is 1. The van der Waals surface area contributed by atoms with Crippen LogP contribution in [0.4, 0.5) is 21.0 Å². The molecule has 1 aromatic carbocycles. The lowest BCUT2D eigenvalue weighted by atomic mass is 10.2. The SMILES string of the molecule is CCc1nc(C)c(-c2csc(Nc3cnc(C(C)Nc4ccc(C)cc4F)cn3)n2)s1. The van der Waals surface area contributed by atoms with Crippen molar-refractivity contribution in [3.63, 3.8) is 0 Å². The van der Waals surface area contributed by atoms with Crippen molar-refractivity contribution in [3.8, 4) is 10.6 Å². The number of aromatic nitrogens is 4. The lowest BCUT2D eigenvalue weighted by Crippen LogP contribution is -2.10. The van der Waals surface area contributed by atoms with Gasteiger partial charge in [-0.1, -0.05) is 13.0 Å². The van der Waals surface area contributed by atoms with E-state index in [1.807, 2.05) is 32.2 Å². The highest BCUT2D eigenvalue weighted by atomic mass is 32.1. The van der Waals surface area contributed by atoms with Gasteiger partial charge in [0, 0.05) is 5.38 Å². The van der Waals surface area contributed by atoms with Crippen LogP contribution >= 0.6 is 22.7 Å². The number of aryl methyl sites for hydroxylation is 3. The fraction of sp³-hybridized carbons (Fsp3) is 0.273. The third-order valence-electron chi connectivity index (χ3n) is 4.73. The molecular weight excluding hydrogens is 431 g/mol. The van der Waals surface area contributed by atoms with Gasteiger partial charge in [-0.2, -0.15) is 0 Å². The smallest absolute Gasteiger partial charge is 0.188 e. The minimum absolute atomic E-state index is 0.188. The molecule has 0 aliphatic rings. The van der Waals surface area contributed by atoms with Crippen LogP contribution in [-0.4, -0.2) is 19.9 Å². The highest BCUT2D eigenvalue weighted by molar-refractivity contribution is 7.16. The molecule has 3 heterocycles. The van der Waals surface area contributed by atoms with Crippen molar-refractivity contribution in [2.24, 2.45) is 0 Å². The van der Waals surface area contributed by atoms with Gasteiger partial charge in [-0.15, -0.1) is 22.7 Å². The van der Waals surface area contributed by atoms with Gasteiger partial charge < -0.3 is 10.6 Å². The summed E-state index contributed by atoms with van der Waals surface area (Å²) in [7, 11) is 0. The molecule has 0 aliphatic heterocycles. The van der Waals surface area contributed by atoms with Gasteiger partial charge in [-0.25, -0.2) is 19.3 Å². The van der Waals surface area contributed by atoms with E-state index in [-0.39, 0.29) is 11.9 Å². The van der Waals surface area contributed by atoms with Crippen molar-refractivity contribution in [2.75, 3.05) is 10.6 Å². The van der Waals surface area contributed by atoms with E-state index >= 15 is 0 Å². The first-order valence-corrected chi connectivity index (χ1v) is 11.7. The fourth-order valence-electron chi connectivity index (χ4n) is 3.06. The molecule has 1 unspecified atom stereocenters. The predicted molar refractivity (Wildman–Crippen MR) is 126 cm³/mol. The molecule has 0 saturated heterocycles. The van der Waals surface area contributed by atoms with Gasteiger partial charge >= 0.3 is 0 Å². The molecule has 0 radical (unpaired) electrons. The summed E-state index contributed by atoms with van der Waals surface area (Å²) in [4.78, 5) is 19.3. The third-order valence-corrected chi connectivity index (χ3v) is 6.81. The first-order valence-electron chi connectivity index (χ1n) is 9.96. The Morgan fingerprint density at radius 3 is 2.65 bits per heavy atom. The summed E-state index contributed by atoms with van der Waals surface area (Å²) in [6, 6.07) is 4.93. The van der Waals surface area contributed by atoms with Gasteiger partial charge in [-0.3, -0.25) is 4.98 Å². The fourth-order valence-corrected chi connectivity index (χ4v) is 4.80. The zero-order valence-electron chi connectivity index (χ0n) is 17.7. The highest BCUT2D eigenvalue weighted by Gasteiger charge is 2.14. The van der Waals surface area contributed by atoms with E-state index < -0.39 is 0 Å². The van der Waals surface area contributed by atoms with E-state index in [9.17, 15) is 4.39 Å². The van der Waals surface area contributed by atoms with Crippen molar-refractivity contribution in [1.29, 1.82) is 0 Å². The Balaban J connectivity index is 1.43. The van der Waals surface area contributed by atoms with Gasteiger partial charge in [0.05, 0.1) is 51.1 Å². The molecular formula is C22H23FN6S2. The van der Waals surface area contributed by atoms with Gasteiger partial charge in [0.1, 0.15) is 5.82 Å². The zero-order valence-corrected chi connectivity index (χ0v) is 19.4. The number of benzene rings is 1. The Morgan fingerprint density at radius 1 is 1.13 bits per heavy atom. The molecule has 9 heteroatoms.